The van der Waals surface area contributed by atoms with Crippen molar-refractivity contribution in [1.29, 1.82) is 5.26 Å². The maximum Gasteiger partial charge on any atom is 0.101 e. The third-order valence-corrected chi connectivity index (χ3v) is 3.57. The number of nitrogens with one attached hydrogen (secondary N) is 1. The van der Waals surface area contributed by atoms with Gasteiger partial charge in [0, 0.05) is 24.6 Å². The highest BCUT2D eigenvalue weighted by molar-refractivity contribution is 5.60. The number of pyridine rings is 1. The number of nitriles is 1. The van der Waals surface area contributed by atoms with Gasteiger partial charge in [-0.05, 0) is 44.1 Å². The van der Waals surface area contributed by atoms with Crippen molar-refractivity contribution in [3.8, 4) is 6.07 Å². The number of nitrogens with two attached hydrogens (primary N) is 1. The van der Waals surface area contributed by atoms with E-state index in [4.69, 9.17) is 5.73 Å². The lowest BCUT2D eigenvalue weighted by Gasteiger charge is -2.16. The Labute approximate surface area is 150 Å². The van der Waals surface area contributed by atoms with E-state index in [1.807, 2.05) is 45.0 Å². The molecular formula is C20H25N5. The summed E-state index contributed by atoms with van der Waals surface area (Å²) in [7, 11) is 1.94. The highest BCUT2D eigenvalue weighted by Crippen LogP contribution is 2.20. The van der Waals surface area contributed by atoms with E-state index in [1.54, 1.807) is 24.5 Å². The van der Waals surface area contributed by atoms with Gasteiger partial charge in [0.1, 0.15) is 6.07 Å². The van der Waals surface area contributed by atoms with Gasteiger partial charge in [0.15, 0.2) is 0 Å². The lowest BCUT2D eigenvalue weighted by atomic mass is 10.1. The molecule has 5 nitrogen and oxygen atoms in total. The van der Waals surface area contributed by atoms with Crippen molar-refractivity contribution < 1.29 is 0 Å². The normalized spacial score (nSPS) is 12.8. The Kier molecular flexibility index (Phi) is 7.23. The quantitative estimate of drug-likeness (QED) is 0.576. The molecule has 0 spiro atoms. The van der Waals surface area contributed by atoms with Gasteiger partial charge in [0.05, 0.1) is 29.3 Å². The van der Waals surface area contributed by atoms with Crippen LogP contribution < -0.4 is 16.0 Å². The zero-order valence-electron chi connectivity index (χ0n) is 15.3. The lowest BCUT2D eigenvalue weighted by Crippen LogP contribution is -2.10. The van der Waals surface area contributed by atoms with Crippen LogP contribution in [0.2, 0.25) is 0 Å². The number of anilines is 2. The minimum atomic E-state index is 0.440. The topological polar surface area (TPSA) is 78.0 Å². The minimum absolute atomic E-state index is 0.440. The summed E-state index contributed by atoms with van der Waals surface area (Å²) in [4.78, 5) is 6.21. The molecule has 0 unspecified atom stereocenters. The molecule has 0 bridgehead atoms. The van der Waals surface area contributed by atoms with Crippen molar-refractivity contribution in [3.05, 3.63) is 78.1 Å². The summed E-state index contributed by atoms with van der Waals surface area (Å²) >= 11 is 0. The summed E-state index contributed by atoms with van der Waals surface area (Å²) in [6.07, 6.45) is 8.95. The van der Waals surface area contributed by atoms with Gasteiger partial charge < -0.3 is 16.0 Å². The van der Waals surface area contributed by atoms with Gasteiger partial charge >= 0.3 is 0 Å². The summed E-state index contributed by atoms with van der Waals surface area (Å²) < 4.78 is 0. The predicted molar refractivity (Wildman–Crippen MR) is 106 cm³/mol. The summed E-state index contributed by atoms with van der Waals surface area (Å²) in [5.74, 6) is 0. The molecule has 3 N–H and O–H groups in total. The van der Waals surface area contributed by atoms with Gasteiger partial charge in [-0.25, -0.2) is 0 Å². The van der Waals surface area contributed by atoms with E-state index in [1.165, 1.54) is 0 Å². The van der Waals surface area contributed by atoms with Gasteiger partial charge in [-0.2, -0.15) is 5.26 Å². The summed E-state index contributed by atoms with van der Waals surface area (Å²) in [5, 5.41) is 12.6. The van der Waals surface area contributed by atoms with Crippen molar-refractivity contribution in [2.75, 3.05) is 17.3 Å². The highest BCUT2D eigenvalue weighted by Gasteiger charge is 2.05. The van der Waals surface area contributed by atoms with Gasteiger partial charge in [-0.1, -0.05) is 19.2 Å². The van der Waals surface area contributed by atoms with Crippen LogP contribution in [0.25, 0.3) is 0 Å². The molecule has 0 aliphatic heterocycles. The Hall–Kier alpha value is -3.26. The molecule has 1 aromatic rings. The second-order valence-corrected chi connectivity index (χ2v) is 5.75. The maximum absolute atomic E-state index is 9.37. The van der Waals surface area contributed by atoms with Crippen LogP contribution >= 0.6 is 0 Å². The van der Waals surface area contributed by atoms with Crippen molar-refractivity contribution in [3.63, 3.8) is 0 Å². The van der Waals surface area contributed by atoms with Crippen LogP contribution in [-0.2, 0) is 0 Å². The van der Waals surface area contributed by atoms with Gasteiger partial charge in [0.25, 0.3) is 0 Å². The first-order valence-electron chi connectivity index (χ1n) is 7.78. The van der Waals surface area contributed by atoms with Crippen LogP contribution in [0.1, 0.15) is 20.8 Å². The Morgan fingerprint density at radius 3 is 2.60 bits per heavy atom. The first-order valence-corrected chi connectivity index (χ1v) is 7.78. The van der Waals surface area contributed by atoms with Gasteiger partial charge in [-0.3, -0.25) is 4.98 Å². The maximum atomic E-state index is 9.37. The molecule has 0 radical (unpaired) electrons. The Morgan fingerprint density at radius 1 is 1.36 bits per heavy atom. The molecule has 0 aromatic carbocycles. The fourth-order valence-corrected chi connectivity index (χ4v) is 1.94. The van der Waals surface area contributed by atoms with E-state index in [2.05, 4.69) is 29.5 Å². The summed E-state index contributed by atoms with van der Waals surface area (Å²) in [6, 6.07) is 4.13. The van der Waals surface area contributed by atoms with Crippen LogP contribution in [-0.4, -0.2) is 12.0 Å². The van der Waals surface area contributed by atoms with Crippen LogP contribution in [0.15, 0.2) is 78.1 Å². The average Bonchev–Trinajstić information content (AvgIpc) is 2.59. The Morgan fingerprint density at radius 2 is 2.04 bits per heavy atom. The van der Waals surface area contributed by atoms with Crippen LogP contribution in [0, 0.1) is 11.3 Å². The van der Waals surface area contributed by atoms with Crippen molar-refractivity contribution in [2.24, 2.45) is 5.73 Å². The monoisotopic (exact) mass is 335 g/mol. The van der Waals surface area contributed by atoms with Crippen LogP contribution in [0.4, 0.5) is 11.4 Å². The number of hydrogen-bond acceptors (Lipinski definition) is 5. The molecular weight excluding hydrogens is 310 g/mol. The highest BCUT2D eigenvalue weighted by atomic mass is 15.1. The molecule has 25 heavy (non-hydrogen) atoms. The van der Waals surface area contributed by atoms with E-state index < -0.39 is 0 Å². The molecule has 1 aromatic heterocycles. The minimum Gasteiger partial charge on any atom is -0.399 e. The van der Waals surface area contributed by atoms with E-state index in [0.29, 0.717) is 17.0 Å². The first kappa shape index (κ1) is 19.8. The van der Waals surface area contributed by atoms with Crippen molar-refractivity contribution >= 4 is 11.4 Å². The molecule has 0 fully saturated rings. The van der Waals surface area contributed by atoms with Crippen molar-refractivity contribution in [2.45, 2.75) is 20.8 Å². The zero-order chi connectivity index (χ0) is 19.0. The second-order valence-electron chi connectivity index (χ2n) is 5.75. The Balaban J connectivity index is 3.11. The third-order valence-electron chi connectivity index (χ3n) is 3.57. The number of hydrogen-bond donors (Lipinski definition) is 2. The molecule has 0 saturated carbocycles. The summed E-state index contributed by atoms with van der Waals surface area (Å²) in [6.45, 7) is 13.1. The second kappa shape index (κ2) is 9.14. The molecule has 1 rings (SSSR count). The molecule has 0 aliphatic rings. The summed E-state index contributed by atoms with van der Waals surface area (Å²) in [5.41, 5.74) is 10.8. The van der Waals surface area contributed by atoms with Gasteiger partial charge in [0.2, 0.25) is 0 Å². The first-order chi connectivity index (χ1) is 11.8. The zero-order valence-corrected chi connectivity index (χ0v) is 15.3. The predicted octanol–water partition coefficient (Wildman–Crippen LogP) is 4.24. The molecule has 1 heterocycles. The number of allylic oxidation sites excluding steroid dienone is 6. The fourth-order valence-electron chi connectivity index (χ4n) is 1.94. The SMILES string of the molecule is C=C/C(C)=C\N(C)c1cncc(N/C(C)=C(C#N)/C=C(/C)C(=C)N)c1. The van der Waals surface area contributed by atoms with E-state index in [9.17, 15) is 5.26 Å². The van der Waals surface area contributed by atoms with E-state index in [0.717, 1.165) is 22.5 Å². The molecule has 0 aliphatic carbocycles. The lowest BCUT2D eigenvalue weighted by molar-refractivity contribution is 1.15. The van der Waals surface area contributed by atoms with Crippen LogP contribution in [0.5, 0.6) is 0 Å². The largest absolute Gasteiger partial charge is 0.399 e. The fraction of sp³-hybridized carbons (Fsp3) is 0.200. The molecule has 0 atom stereocenters. The molecule has 0 saturated heterocycles. The number of aromatic nitrogens is 1. The molecule has 0 amide bonds. The van der Waals surface area contributed by atoms with E-state index >= 15 is 0 Å². The number of nitrogens with zero attached hydrogens (tertiary/aromatic N) is 3. The average molecular weight is 335 g/mol. The number of rotatable bonds is 7. The van der Waals surface area contributed by atoms with Crippen molar-refractivity contribution in [1.82, 2.24) is 4.98 Å². The standard InChI is InChI=1S/C20H25N5/c1-7-14(2)13-25(6)20-9-19(11-23-12-20)24-17(5)18(10-21)8-15(3)16(4)22/h7-9,11-13,24H,1,4,22H2,2-3,5-6H3/b14-13-,15-8-,18-17-. The van der Waals surface area contributed by atoms with Gasteiger partial charge in [-0.15, -0.1) is 0 Å². The molecule has 130 valence electrons. The van der Waals surface area contributed by atoms with E-state index in [-0.39, 0.29) is 0 Å². The smallest absolute Gasteiger partial charge is 0.101 e. The Bertz CT molecular complexity index is 791. The van der Waals surface area contributed by atoms with Crippen LogP contribution in [0.3, 0.4) is 0 Å². The third kappa shape index (κ3) is 6.04. The molecule has 5 heteroatoms.